The maximum Gasteiger partial charge on any atom is 0.170 e. The van der Waals surface area contributed by atoms with E-state index in [1.54, 1.807) is 0 Å². The second kappa shape index (κ2) is 6.73. The van der Waals surface area contributed by atoms with E-state index in [9.17, 15) is 0 Å². The van der Waals surface area contributed by atoms with E-state index in [1.807, 2.05) is 24.3 Å². The van der Waals surface area contributed by atoms with Crippen LogP contribution >= 0.6 is 0 Å². The van der Waals surface area contributed by atoms with Crippen LogP contribution in [0.4, 0.5) is 0 Å². The van der Waals surface area contributed by atoms with Gasteiger partial charge < -0.3 is 16.3 Å². The van der Waals surface area contributed by atoms with Crippen LogP contribution in [-0.2, 0) is 6.54 Å². The van der Waals surface area contributed by atoms with Crippen LogP contribution in [0.1, 0.15) is 18.1 Å². The summed E-state index contributed by atoms with van der Waals surface area (Å²) in [6, 6.07) is 15.9. The van der Waals surface area contributed by atoms with E-state index in [1.165, 1.54) is 5.56 Å². The maximum absolute atomic E-state index is 8.86. The molecule has 2 aromatic carbocycles. The van der Waals surface area contributed by atoms with Gasteiger partial charge in [0.15, 0.2) is 5.84 Å². The van der Waals surface area contributed by atoms with Gasteiger partial charge in [0.2, 0.25) is 0 Å². The van der Waals surface area contributed by atoms with Gasteiger partial charge in [-0.15, -0.1) is 0 Å². The lowest BCUT2D eigenvalue weighted by atomic mass is 9.98. The summed E-state index contributed by atoms with van der Waals surface area (Å²) < 4.78 is 0. The molecule has 0 atom stereocenters. The van der Waals surface area contributed by atoms with Crippen molar-refractivity contribution in [2.24, 2.45) is 10.9 Å². The third kappa shape index (κ3) is 3.16. The predicted molar refractivity (Wildman–Crippen MR) is 81.8 cm³/mol. The molecule has 2 rings (SSSR count). The van der Waals surface area contributed by atoms with E-state index in [-0.39, 0.29) is 5.84 Å². The molecule has 0 heterocycles. The molecule has 0 radical (unpaired) electrons. The highest BCUT2D eigenvalue weighted by molar-refractivity contribution is 6.03. The fourth-order valence-electron chi connectivity index (χ4n) is 2.08. The van der Waals surface area contributed by atoms with Gasteiger partial charge in [0.1, 0.15) is 0 Å². The Balaban J connectivity index is 2.32. The molecule has 0 aliphatic rings. The molecule has 0 saturated carbocycles. The largest absolute Gasteiger partial charge is 0.409 e. The molecule has 0 spiro atoms. The van der Waals surface area contributed by atoms with Crippen molar-refractivity contribution in [3.05, 3.63) is 59.7 Å². The summed E-state index contributed by atoms with van der Waals surface area (Å²) in [5.74, 6) is 0.123. The summed E-state index contributed by atoms with van der Waals surface area (Å²) >= 11 is 0. The van der Waals surface area contributed by atoms with Crippen LogP contribution in [0.25, 0.3) is 11.1 Å². The fraction of sp³-hybridized carbons (Fsp3) is 0.188. The Labute approximate surface area is 118 Å². The average Bonchev–Trinajstić information content (AvgIpc) is 2.52. The molecule has 0 aliphatic carbocycles. The Bertz CT molecular complexity index is 591. The van der Waals surface area contributed by atoms with Crippen molar-refractivity contribution in [1.29, 1.82) is 0 Å². The second-order valence-electron chi connectivity index (χ2n) is 4.51. The molecule has 4 nitrogen and oxygen atoms in total. The molecule has 0 saturated heterocycles. The van der Waals surface area contributed by atoms with Crippen LogP contribution in [0, 0.1) is 0 Å². The Morgan fingerprint density at radius 1 is 1.15 bits per heavy atom. The molecule has 0 aliphatic heterocycles. The van der Waals surface area contributed by atoms with Crippen LogP contribution in [0.5, 0.6) is 0 Å². The first-order valence-corrected chi connectivity index (χ1v) is 6.63. The number of benzene rings is 2. The Hall–Kier alpha value is -2.33. The summed E-state index contributed by atoms with van der Waals surface area (Å²) in [5.41, 5.74) is 9.69. The number of amidine groups is 1. The monoisotopic (exact) mass is 269 g/mol. The maximum atomic E-state index is 8.86. The zero-order valence-electron chi connectivity index (χ0n) is 11.5. The number of rotatable bonds is 5. The highest BCUT2D eigenvalue weighted by Gasteiger charge is 2.08. The molecule has 4 heteroatoms. The number of nitrogens with zero attached hydrogens (tertiary/aromatic N) is 1. The molecule has 0 unspecified atom stereocenters. The standard InChI is InChI=1S/C16H19N3O/c1-2-18-11-12-7-9-13(10-8-12)14-5-3-4-6-15(14)16(17)19-20/h3-10,18,20H,2,11H2,1H3,(H2,17,19). The van der Waals surface area contributed by atoms with Crippen molar-refractivity contribution in [2.75, 3.05) is 6.54 Å². The summed E-state index contributed by atoms with van der Waals surface area (Å²) in [6.45, 7) is 3.90. The number of nitrogens with one attached hydrogen (secondary N) is 1. The first-order valence-electron chi connectivity index (χ1n) is 6.63. The molecule has 0 amide bonds. The van der Waals surface area contributed by atoms with Crippen LogP contribution in [0.2, 0.25) is 0 Å². The fourth-order valence-corrected chi connectivity index (χ4v) is 2.08. The predicted octanol–water partition coefficient (Wildman–Crippen LogP) is 2.56. The lowest BCUT2D eigenvalue weighted by Gasteiger charge is -2.09. The molecular weight excluding hydrogens is 250 g/mol. The third-order valence-corrected chi connectivity index (χ3v) is 3.15. The van der Waals surface area contributed by atoms with E-state index in [2.05, 4.69) is 41.7 Å². The van der Waals surface area contributed by atoms with Crippen molar-refractivity contribution < 1.29 is 5.21 Å². The minimum absolute atomic E-state index is 0.123. The first kappa shape index (κ1) is 14.1. The first-order chi connectivity index (χ1) is 9.76. The quantitative estimate of drug-likeness (QED) is 0.338. The van der Waals surface area contributed by atoms with Gasteiger partial charge in [-0.1, -0.05) is 60.6 Å². The molecule has 0 fully saturated rings. The minimum Gasteiger partial charge on any atom is -0.409 e. The van der Waals surface area contributed by atoms with E-state index in [0.29, 0.717) is 0 Å². The number of oxime groups is 1. The van der Waals surface area contributed by atoms with Crippen LogP contribution in [0.3, 0.4) is 0 Å². The lowest BCUT2D eigenvalue weighted by Crippen LogP contribution is -2.14. The lowest BCUT2D eigenvalue weighted by molar-refractivity contribution is 0.318. The molecule has 20 heavy (non-hydrogen) atoms. The number of hydrogen-bond donors (Lipinski definition) is 3. The van der Waals surface area contributed by atoms with Gasteiger partial charge in [-0.25, -0.2) is 0 Å². The normalized spacial score (nSPS) is 11.6. The van der Waals surface area contributed by atoms with Gasteiger partial charge in [0, 0.05) is 12.1 Å². The minimum atomic E-state index is 0.123. The summed E-state index contributed by atoms with van der Waals surface area (Å²) in [4.78, 5) is 0. The molecule has 0 bridgehead atoms. The third-order valence-electron chi connectivity index (χ3n) is 3.15. The zero-order chi connectivity index (χ0) is 14.4. The topological polar surface area (TPSA) is 70.6 Å². The zero-order valence-corrected chi connectivity index (χ0v) is 11.5. The Kier molecular flexibility index (Phi) is 4.74. The van der Waals surface area contributed by atoms with Crippen molar-refractivity contribution in [3.8, 4) is 11.1 Å². The highest BCUT2D eigenvalue weighted by atomic mass is 16.4. The molecule has 0 aromatic heterocycles. The summed E-state index contributed by atoms with van der Waals surface area (Å²) in [7, 11) is 0. The molecule has 104 valence electrons. The van der Waals surface area contributed by atoms with Gasteiger partial charge >= 0.3 is 0 Å². The van der Waals surface area contributed by atoms with Crippen molar-refractivity contribution in [3.63, 3.8) is 0 Å². The van der Waals surface area contributed by atoms with Gasteiger partial charge in [-0.2, -0.15) is 0 Å². The highest BCUT2D eigenvalue weighted by Crippen LogP contribution is 2.24. The number of hydrogen-bond acceptors (Lipinski definition) is 3. The van der Waals surface area contributed by atoms with Crippen LogP contribution in [0.15, 0.2) is 53.7 Å². The summed E-state index contributed by atoms with van der Waals surface area (Å²) in [6.07, 6.45) is 0. The second-order valence-corrected chi connectivity index (χ2v) is 4.51. The van der Waals surface area contributed by atoms with Gasteiger partial charge in [-0.3, -0.25) is 0 Å². The van der Waals surface area contributed by atoms with Crippen molar-refractivity contribution >= 4 is 5.84 Å². The number of nitrogens with two attached hydrogens (primary N) is 1. The van der Waals surface area contributed by atoms with Gasteiger partial charge in [0.05, 0.1) is 0 Å². The molecule has 4 N–H and O–H groups in total. The summed E-state index contributed by atoms with van der Waals surface area (Å²) in [5, 5.41) is 15.2. The van der Waals surface area contributed by atoms with Crippen molar-refractivity contribution in [1.82, 2.24) is 5.32 Å². The van der Waals surface area contributed by atoms with Gasteiger partial charge in [0.25, 0.3) is 0 Å². The van der Waals surface area contributed by atoms with E-state index in [4.69, 9.17) is 10.9 Å². The molecule has 2 aromatic rings. The van der Waals surface area contributed by atoms with Crippen LogP contribution < -0.4 is 11.1 Å². The van der Waals surface area contributed by atoms with E-state index < -0.39 is 0 Å². The average molecular weight is 269 g/mol. The smallest absolute Gasteiger partial charge is 0.170 e. The van der Waals surface area contributed by atoms with E-state index >= 15 is 0 Å². The SMILES string of the molecule is CCNCc1ccc(-c2ccccc2C(N)=NO)cc1. The van der Waals surface area contributed by atoms with Crippen molar-refractivity contribution in [2.45, 2.75) is 13.5 Å². The van der Waals surface area contributed by atoms with Crippen LogP contribution in [-0.4, -0.2) is 17.6 Å². The van der Waals surface area contributed by atoms with E-state index in [0.717, 1.165) is 29.8 Å². The Morgan fingerprint density at radius 3 is 2.50 bits per heavy atom. The van der Waals surface area contributed by atoms with Gasteiger partial charge in [-0.05, 0) is 23.2 Å². The molecular formula is C16H19N3O. The Morgan fingerprint density at radius 2 is 1.85 bits per heavy atom.